The molecule has 0 fully saturated rings. The summed E-state index contributed by atoms with van der Waals surface area (Å²) in [6.07, 6.45) is 1.16. The molecule has 0 aliphatic carbocycles. The van der Waals surface area contributed by atoms with E-state index in [0.717, 1.165) is 16.6 Å². The molecule has 0 aliphatic heterocycles. The lowest BCUT2D eigenvalue weighted by Crippen LogP contribution is -2.30. The Balaban J connectivity index is 2.38. The average Bonchev–Trinajstić information content (AvgIpc) is 2.46. The van der Waals surface area contributed by atoms with Gasteiger partial charge in [-0.25, -0.2) is 8.42 Å². The summed E-state index contributed by atoms with van der Waals surface area (Å²) in [6, 6.07) is 8.43. The summed E-state index contributed by atoms with van der Waals surface area (Å²) < 4.78 is 26.1. The molecule has 7 heteroatoms. The van der Waals surface area contributed by atoms with Gasteiger partial charge in [0.15, 0.2) is 0 Å². The molecule has 1 aromatic carbocycles. The van der Waals surface area contributed by atoms with Crippen molar-refractivity contribution in [3.63, 3.8) is 0 Å². The van der Waals surface area contributed by atoms with Crippen molar-refractivity contribution in [2.75, 3.05) is 7.05 Å². The van der Waals surface area contributed by atoms with Crippen LogP contribution in [0.15, 0.2) is 52.3 Å². The van der Waals surface area contributed by atoms with E-state index in [-0.39, 0.29) is 16.2 Å². The number of hydrogen-bond donors (Lipinski definition) is 2. The van der Waals surface area contributed by atoms with Gasteiger partial charge in [-0.2, -0.15) is 4.31 Å². The molecule has 2 N–H and O–H groups in total. The number of aromatic hydroxyl groups is 1. The highest BCUT2D eigenvalue weighted by molar-refractivity contribution is 7.89. The van der Waals surface area contributed by atoms with Crippen LogP contribution in [0.5, 0.6) is 5.75 Å². The highest BCUT2D eigenvalue weighted by atomic mass is 32.2. The van der Waals surface area contributed by atoms with Gasteiger partial charge in [-0.1, -0.05) is 18.2 Å². The first-order valence-electron chi connectivity index (χ1n) is 6.28. The Morgan fingerprint density at radius 3 is 2.43 bits per heavy atom. The highest BCUT2D eigenvalue weighted by Gasteiger charge is 2.27. The number of nitrogens with one attached hydrogen (secondary N) is 1. The van der Waals surface area contributed by atoms with Gasteiger partial charge in [-0.3, -0.25) is 4.79 Å². The van der Waals surface area contributed by atoms with Gasteiger partial charge in [-0.15, -0.1) is 0 Å². The van der Waals surface area contributed by atoms with Crippen LogP contribution in [0.1, 0.15) is 18.5 Å². The zero-order chi connectivity index (χ0) is 15.6. The van der Waals surface area contributed by atoms with Crippen molar-refractivity contribution in [2.24, 2.45) is 0 Å². The number of aromatic nitrogens is 1. The van der Waals surface area contributed by atoms with Crippen molar-refractivity contribution in [1.29, 1.82) is 0 Å². The summed E-state index contributed by atoms with van der Waals surface area (Å²) >= 11 is 0. The first kappa shape index (κ1) is 15.3. The van der Waals surface area contributed by atoms with Gasteiger partial charge in [0.25, 0.3) is 0 Å². The second kappa shape index (κ2) is 5.71. The van der Waals surface area contributed by atoms with E-state index in [4.69, 9.17) is 0 Å². The summed E-state index contributed by atoms with van der Waals surface area (Å²) in [5.74, 6) is 0.0357. The van der Waals surface area contributed by atoms with Crippen LogP contribution >= 0.6 is 0 Å². The normalized spacial score (nSPS) is 13.3. The van der Waals surface area contributed by atoms with Crippen LogP contribution in [-0.4, -0.2) is 29.9 Å². The molecule has 0 aliphatic rings. The van der Waals surface area contributed by atoms with E-state index >= 15 is 0 Å². The molecule has 0 bridgehead atoms. The van der Waals surface area contributed by atoms with E-state index in [1.54, 1.807) is 25.1 Å². The molecule has 6 nitrogen and oxygen atoms in total. The fourth-order valence-corrected chi connectivity index (χ4v) is 3.28. The summed E-state index contributed by atoms with van der Waals surface area (Å²) in [5.41, 5.74) is 0.137. The minimum Gasteiger partial charge on any atom is -0.508 e. The molecule has 0 saturated heterocycles. The molecule has 1 aromatic heterocycles. The first-order chi connectivity index (χ1) is 9.84. The third-order valence-electron chi connectivity index (χ3n) is 3.36. The van der Waals surface area contributed by atoms with Crippen molar-refractivity contribution in [3.05, 3.63) is 58.5 Å². The Morgan fingerprint density at radius 1 is 1.19 bits per heavy atom. The quantitative estimate of drug-likeness (QED) is 0.894. The smallest absolute Gasteiger partial charge is 0.247 e. The summed E-state index contributed by atoms with van der Waals surface area (Å²) in [5, 5.41) is 9.83. The van der Waals surface area contributed by atoms with Gasteiger partial charge in [0.1, 0.15) is 5.75 Å². The number of rotatable bonds is 4. The fraction of sp³-hybridized carbons (Fsp3) is 0.214. The monoisotopic (exact) mass is 308 g/mol. The van der Waals surface area contributed by atoms with Crippen LogP contribution in [-0.2, 0) is 10.0 Å². The SMILES string of the molecule is CC(c1ccccc1O)N(C)S(=O)(=O)c1ccc(=O)[nH]c1. The number of para-hydroxylation sites is 1. The van der Waals surface area contributed by atoms with E-state index < -0.39 is 16.1 Å². The topological polar surface area (TPSA) is 90.5 Å². The van der Waals surface area contributed by atoms with Gasteiger partial charge >= 0.3 is 0 Å². The molecular formula is C14H16N2O4S. The Kier molecular flexibility index (Phi) is 4.15. The molecule has 1 atom stereocenters. The zero-order valence-corrected chi connectivity index (χ0v) is 12.5. The minimum atomic E-state index is -3.77. The van der Waals surface area contributed by atoms with Crippen LogP contribution in [0.25, 0.3) is 0 Å². The third kappa shape index (κ3) is 2.98. The van der Waals surface area contributed by atoms with Crippen molar-refractivity contribution in [1.82, 2.24) is 9.29 Å². The Labute approximate surface area is 122 Å². The van der Waals surface area contributed by atoms with E-state index in [0.29, 0.717) is 5.56 Å². The molecule has 1 heterocycles. The van der Waals surface area contributed by atoms with Crippen molar-refractivity contribution < 1.29 is 13.5 Å². The predicted octanol–water partition coefficient (Wildman–Crippen LogP) is 1.46. The minimum absolute atomic E-state index is 0.00753. The maximum atomic E-state index is 12.5. The summed E-state index contributed by atoms with van der Waals surface area (Å²) in [6.45, 7) is 1.68. The maximum Gasteiger partial charge on any atom is 0.247 e. The maximum absolute atomic E-state index is 12.5. The lowest BCUT2D eigenvalue weighted by Gasteiger charge is -2.25. The number of phenols is 1. The van der Waals surface area contributed by atoms with E-state index in [2.05, 4.69) is 4.98 Å². The van der Waals surface area contributed by atoms with Gasteiger partial charge in [0.2, 0.25) is 15.6 Å². The van der Waals surface area contributed by atoms with Crippen LogP contribution in [0, 0.1) is 0 Å². The second-order valence-electron chi connectivity index (χ2n) is 4.64. The van der Waals surface area contributed by atoms with Crippen molar-refractivity contribution >= 4 is 10.0 Å². The summed E-state index contributed by atoms with van der Waals surface area (Å²) in [4.78, 5) is 13.4. The van der Waals surface area contributed by atoms with E-state index in [1.165, 1.54) is 19.2 Å². The van der Waals surface area contributed by atoms with Gasteiger partial charge in [-0.05, 0) is 19.1 Å². The van der Waals surface area contributed by atoms with Crippen LogP contribution in [0.3, 0.4) is 0 Å². The Hall–Kier alpha value is -2.12. The highest BCUT2D eigenvalue weighted by Crippen LogP contribution is 2.30. The lowest BCUT2D eigenvalue weighted by atomic mass is 10.1. The molecule has 0 saturated carbocycles. The standard InChI is InChI=1S/C14H16N2O4S/c1-10(12-5-3-4-6-13(12)17)16(2)21(19,20)11-7-8-14(18)15-9-11/h3-10,17H,1-2H3,(H,15,18). The van der Waals surface area contributed by atoms with Crippen LogP contribution in [0.4, 0.5) is 0 Å². The number of hydrogen-bond acceptors (Lipinski definition) is 4. The number of sulfonamides is 1. The van der Waals surface area contributed by atoms with E-state index in [1.807, 2.05) is 0 Å². The van der Waals surface area contributed by atoms with E-state index in [9.17, 15) is 18.3 Å². The van der Waals surface area contributed by atoms with Crippen LogP contribution < -0.4 is 5.56 Å². The zero-order valence-electron chi connectivity index (χ0n) is 11.6. The molecule has 112 valence electrons. The molecule has 21 heavy (non-hydrogen) atoms. The van der Waals surface area contributed by atoms with Crippen LogP contribution in [0.2, 0.25) is 0 Å². The molecule has 0 radical (unpaired) electrons. The fourth-order valence-electron chi connectivity index (χ4n) is 1.97. The Morgan fingerprint density at radius 2 is 1.86 bits per heavy atom. The first-order valence-corrected chi connectivity index (χ1v) is 7.72. The molecule has 0 amide bonds. The molecular weight excluding hydrogens is 292 g/mol. The summed E-state index contributed by atoms with van der Waals surface area (Å²) in [7, 11) is -2.34. The molecule has 2 aromatic rings. The second-order valence-corrected chi connectivity index (χ2v) is 6.64. The molecule has 0 spiro atoms. The number of H-pyrrole nitrogens is 1. The number of benzene rings is 1. The lowest BCUT2D eigenvalue weighted by molar-refractivity contribution is 0.381. The molecule has 1 unspecified atom stereocenters. The largest absolute Gasteiger partial charge is 0.508 e. The van der Waals surface area contributed by atoms with Crippen molar-refractivity contribution in [3.8, 4) is 5.75 Å². The van der Waals surface area contributed by atoms with Gasteiger partial charge in [0, 0.05) is 24.9 Å². The number of nitrogens with zero attached hydrogens (tertiary/aromatic N) is 1. The molecule has 2 rings (SSSR count). The van der Waals surface area contributed by atoms with Crippen molar-refractivity contribution in [2.45, 2.75) is 17.9 Å². The van der Waals surface area contributed by atoms with Gasteiger partial charge < -0.3 is 10.1 Å². The number of phenolic OH excluding ortho intramolecular Hbond substituents is 1. The van der Waals surface area contributed by atoms with Gasteiger partial charge in [0.05, 0.1) is 10.9 Å². The number of aromatic amines is 1. The number of pyridine rings is 1. The third-order valence-corrected chi connectivity index (χ3v) is 5.29. The predicted molar refractivity (Wildman–Crippen MR) is 78.5 cm³/mol. The average molecular weight is 308 g/mol. The Bertz CT molecular complexity index is 778.